The van der Waals surface area contributed by atoms with Crippen LogP contribution in [-0.2, 0) is 15.9 Å². The lowest BCUT2D eigenvalue weighted by molar-refractivity contribution is 0.0485. The predicted octanol–water partition coefficient (Wildman–Crippen LogP) is 2.55. The molecular weight excluding hydrogens is 246 g/mol. The topological polar surface area (TPSA) is 61.6 Å². The summed E-state index contributed by atoms with van der Waals surface area (Å²) in [6, 6.07) is 0. The number of oxazole rings is 1. The average molecular weight is 267 g/mol. The summed E-state index contributed by atoms with van der Waals surface area (Å²) in [5.41, 5.74) is 0.704. The summed E-state index contributed by atoms with van der Waals surface area (Å²) < 4.78 is 16.0. The van der Waals surface area contributed by atoms with Crippen molar-refractivity contribution in [3.8, 4) is 0 Å². The quantitative estimate of drug-likeness (QED) is 0.767. The minimum Gasteiger partial charge on any atom is -0.460 e. The number of hydrogen-bond acceptors (Lipinski definition) is 5. The Morgan fingerprint density at radius 3 is 2.89 bits per heavy atom. The van der Waals surface area contributed by atoms with Crippen LogP contribution in [0.25, 0.3) is 0 Å². The highest BCUT2D eigenvalue weighted by Crippen LogP contribution is 2.27. The second kappa shape index (κ2) is 6.19. The van der Waals surface area contributed by atoms with Gasteiger partial charge in [0.2, 0.25) is 11.7 Å². The molecule has 0 aliphatic carbocycles. The van der Waals surface area contributed by atoms with Crippen LogP contribution in [0.3, 0.4) is 0 Å². The van der Waals surface area contributed by atoms with Gasteiger partial charge in [-0.05, 0) is 25.7 Å². The van der Waals surface area contributed by atoms with E-state index in [1.807, 2.05) is 0 Å². The Hall–Kier alpha value is -1.36. The molecule has 1 aliphatic heterocycles. The van der Waals surface area contributed by atoms with E-state index in [0.717, 1.165) is 13.0 Å². The van der Waals surface area contributed by atoms with E-state index in [-0.39, 0.29) is 11.7 Å². The molecule has 1 aromatic heterocycles. The Balaban J connectivity index is 2.24. The molecule has 2 heterocycles. The molecule has 19 heavy (non-hydrogen) atoms. The van der Waals surface area contributed by atoms with Gasteiger partial charge in [0.05, 0.1) is 24.8 Å². The lowest BCUT2D eigenvalue weighted by Crippen LogP contribution is -2.08. The zero-order valence-corrected chi connectivity index (χ0v) is 11.8. The van der Waals surface area contributed by atoms with E-state index < -0.39 is 5.97 Å². The number of nitrogens with zero attached hydrogens (tertiary/aromatic N) is 1. The summed E-state index contributed by atoms with van der Waals surface area (Å²) >= 11 is 0. The normalized spacial score (nSPS) is 19.1. The molecule has 2 rings (SSSR count). The fraction of sp³-hybridized carbons (Fsp3) is 0.714. The summed E-state index contributed by atoms with van der Waals surface area (Å²) in [6.45, 7) is 7.62. The first-order valence-electron chi connectivity index (χ1n) is 6.86. The lowest BCUT2D eigenvalue weighted by Gasteiger charge is -2.02. The maximum Gasteiger partial charge on any atom is 0.376 e. The van der Waals surface area contributed by atoms with Crippen LogP contribution in [0.5, 0.6) is 0 Å². The summed E-state index contributed by atoms with van der Waals surface area (Å²) in [5.74, 6) is 1.02. The van der Waals surface area contributed by atoms with Gasteiger partial charge in [-0.25, -0.2) is 9.78 Å². The summed E-state index contributed by atoms with van der Waals surface area (Å²) in [6.07, 6.45) is 1.61. The Morgan fingerprint density at radius 1 is 1.53 bits per heavy atom. The molecule has 0 saturated carbocycles. The Kier molecular flexibility index (Phi) is 4.58. The van der Waals surface area contributed by atoms with Gasteiger partial charge < -0.3 is 13.9 Å². The zero-order chi connectivity index (χ0) is 13.8. The van der Waals surface area contributed by atoms with Gasteiger partial charge >= 0.3 is 5.97 Å². The maximum absolute atomic E-state index is 11.9. The Labute approximate surface area is 113 Å². The minimum absolute atomic E-state index is 0.161. The third-order valence-electron chi connectivity index (χ3n) is 3.06. The highest BCUT2D eigenvalue weighted by Gasteiger charge is 2.28. The fourth-order valence-electron chi connectivity index (χ4n) is 2.16. The van der Waals surface area contributed by atoms with E-state index in [2.05, 4.69) is 18.8 Å². The molecule has 1 atom stereocenters. The van der Waals surface area contributed by atoms with E-state index in [4.69, 9.17) is 13.9 Å². The maximum atomic E-state index is 11.9. The van der Waals surface area contributed by atoms with Crippen molar-refractivity contribution in [1.29, 1.82) is 0 Å². The van der Waals surface area contributed by atoms with E-state index >= 15 is 0 Å². The minimum atomic E-state index is -0.421. The standard InChI is InChI=1S/C14H21NO4/c1-4-18-14(16)12-11(7-9(2)3)15-13(19-12)10-5-6-17-8-10/h9-10H,4-8H2,1-3H3. The van der Waals surface area contributed by atoms with E-state index in [9.17, 15) is 4.79 Å². The van der Waals surface area contributed by atoms with E-state index in [0.29, 0.717) is 37.1 Å². The van der Waals surface area contributed by atoms with E-state index in [1.54, 1.807) is 6.92 Å². The average Bonchev–Trinajstić information content (AvgIpc) is 2.96. The third-order valence-corrected chi connectivity index (χ3v) is 3.06. The van der Waals surface area contributed by atoms with Gasteiger partial charge in [-0.15, -0.1) is 0 Å². The van der Waals surface area contributed by atoms with Crippen LogP contribution in [0.15, 0.2) is 4.42 Å². The van der Waals surface area contributed by atoms with Crippen molar-refractivity contribution in [2.24, 2.45) is 5.92 Å². The molecule has 1 aliphatic rings. The first-order chi connectivity index (χ1) is 9.11. The lowest BCUT2D eigenvalue weighted by atomic mass is 10.1. The summed E-state index contributed by atoms with van der Waals surface area (Å²) in [4.78, 5) is 16.4. The third kappa shape index (κ3) is 3.35. The Bertz CT molecular complexity index is 433. The molecule has 1 fully saturated rings. The molecule has 106 valence electrons. The molecule has 0 radical (unpaired) electrons. The number of ether oxygens (including phenoxy) is 2. The molecule has 0 N–H and O–H groups in total. The van der Waals surface area contributed by atoms with Crippen molar-refractivity contribution in [2.45, 2.75) is 39.5 Å². The highest BCUT2D eigenvalue weighted by molar-refractivity contribution is 5.87. The Morgan fingerprint density at radius 2 is 2.32 bits per heavy atom. The van der Waals surface area contributed by atoms with Gasteiger partial charge in [0.15, 0.2) is 0 Å². The van der Waals surface area contributed by atoms with Gasteiger partial charge in [-0.2, -0.15) is 0 Å². The second-order valence-corrected chi connectivity index (χ2v) is 5.21. The smallest absolute Gasteiger partial charge is 0.376 e. The molecule has 5 heteroatoms. The highest BCUT2D eigenvalue weighted by atomic mass is 16.5. The van der Waals surface area contributed by atoms with Crippen LogP contribution in [0, 0.1) is 5.92 Å². The molecular formula is C14H21NO4. The fourth-order valence-corrected chi connectivity index (χ4v) is 2.16. The van der Waals surface area contributed by atoms with Crippen molar-refractivity contribution in [3.63, 3.8) is 0 Å². The van der Waals surface area contributed by atoms with Crippen LogP contribution < -0.4 is 0 Å². The van der Waals surface area contributed by atoms with Crippen LogP contribution >= 0.6 is 0 Å². The van der Waals surface area contributed by atoms with Crippen molar-refractivity contribution < 1.29 is 18.7 Å². The van der Waals surface area contributed by atoms with Crippen molar-refractivity contribution in [1.82, 2.24) is 4.98 Å². The van der Waals surface area contributed by atoms with Gasteiger partial charge in [-0.3, -0.25) is 0 Å². The van der Waals surface area contributed by atoms with Gasteiger partial charge in [0.25, 0.3) is 0 Å². The molecule has 0 bridgehead atoms. The van der Waals surface area contributed by atoms with Crippen molar-refractivity contribution >= 4 is 5.97 Å². The molecule has 5 nitrogen and oxygen atoms in total. The first-order valence-corrected chi connectivity index (χ1v) is 6.86. The van der Waals surface area contributed by atoms with Crippen LogP contribution in [-0.4, -0.2) is 30.8 Å². The molecule has 1 aromatic rings. The number of esters is 1. The molecule has 0 spiro atoms. The summed E-state index contributed by atoms with van der Waals surface area (Å²) in [5, 5.41) is 0. The monoisotopic (exact) mass is 267 g/mol. The molecule has 1 saturated heterocycles. The number of hydrogen-bond donors (Lipinski definition) is 0. The molecule has 0 aromatic carbocycles. The van der Waals surface area contributed by atoms with Gasteiger partial charge in [0.1, 0.15) is 0 Å². The van der Waals surface area contributed by atoms with Crippen LogP contribution in [0.2, 0.25) is 0 Å². The zero-order valence-electron chi connectivity index (χ0n) is 11.8. The van der Waals surface area contributed by atoms with Gasteiger partial charge in [-0.1, -0.05) is 13.8 Å². The largest absolute Gasteiger partial charge is 0.460 e. The first kappa shape index (κ1) is 14.1. The second-order valence-electron chi connectivity index (χ2n) is 5.21. The number of aromatic nitrogens is 1. The SMILES string of the molecule is CCOC(=O)c1oc(C2CCOC2)nc1CC(C)C. The molecule has 0 amide bonds. The van der Waals surface area contributed by atoms with Crippen LogP contribution in [0.4, 0.5) is 0 Å². The van der Waals surface area contributed by atoms with Crippen molar-refractivity contribution in [2.75, 3.05) is 19.8 Å². The van der Waals surface area contributed by atoms with E-state index in [1.165, 1.54) is 0 Å². The predicted molar refractivity (Wildman–Crippen MR) is 69.2 cm³/mol. The number of rotatable bonds is 5. The van der Waals surface area contributed by atoms with Crippen LogP contribution in [0.1, 0.15) is 55.2 Å². The molecule has 1 unspecified atom stereocenters. The number of carbonyl (C=O) groups excluding carboxylic acids is 1. The summed E-state index contributed by atoms with van der Waals surface area (Å²) in [7, 11) is 0. The van der Waals surface area contributed by atoms with Crippen molar-refractivity contribution in [3.05, 3.63) is 17.3 Å². The van der Waals surface area contributed by atoms with Gasteiger partial charge in [0, 0.05) is 6.61 Å². The number of carbonyl (C=O) groups is 1.